The summed E-state index contributed by atoms with van der Waals surface area (Å²) < 4.78 is 2.97. The first-order chi connectivity index (χ1) is 9.74. The lowest BCUT2D eigenvalue weighted by atomic mass is 10.2. The van der Waals surface area contributed by atoms with Crippen molar-refractivity contribution in [3.05, 3.63) is 30.0 Å². The molecule has 0 saturated carbocycles. The summed E-state index contributed by atoms with van der Waals surface area (Å²) in [6.45, 7) is 0.727. The normalized spacial score (nSPS) is 10.9. The van der Waals surface area contributed by atoms with Crippen molar-refractivity contribution >= 4 is 39.4 Å². The molecule has 1 N–H and O–H groups in total. The number of hydrogen-bond acceptors (Lipinski definition) is 2. The van der Waals surface area contributed by atoms with Gasteiger partial charge in [0.25, 0.3) is 5.91 Å². The van der Waals surface area contributed by atoms with Gasteiger partial charge in [-0.15, -0.1) is 0 Å². The van der Waals surface area contributed by atoms with Crippen LogP contribution in [-0.4, -0.2) is 26.7 Å². The molecule has 0 aliphatic rings. The fourth-order valence-electron chi connectivity index (χ4n) is 2.24. The van der Waals surface area contributed by atoms with Crippen molar-refractivity contribution in [2.24, 2.45) is 7.05 Å². The van der Waals surface area contributed by atoms with Crippen LogP contribution in [0.3, 0.4) is 0 Å². The Balaban J connectivity index is 1.91. The molecule has 20 heavy (non-hydrogen) atoms. The van der Waals surface area contributed by atoms with E-state index in [1.54, 1.807) is 4.68 Å². The van der Waals surface area contributed by atoms with Crippen molar-refractivity contribution in [3.8, 4) is 0 Å². The van der Waals surface area contributed by atoms with Crippen molar-refractivity contribution < 1.29 is 4.79 Å². The Labute approximate surface area is 133 Å². The predicted molar refractivity (Wildman–Crippen MR) is 90.4 cm³/mol. The van der Waals surface area contributed by atoms with Crippen LogP contribution in [0.1, 0.15) is 36.2 Å². The topological polar surface area (TPSA) is 46.9 Å². The van der Waals surface area contributed by atoms with Crippen LogP contribution >= 0.6 is 22.6 Å². The molecule has 1 aromatic heterocycles. The van der Waals surface area contributed by atoms with E-state index in [9.17, 15) is 4.79 Å². The van der Waals surface area contributed by atoms with E-state index in [1.165, 1.54) is 23.7 Å². The lowest BCUT2D eigenvalue weighted by molar-refractivity contribution is 0.0949. The van der Waals surface area contributed by atoms with Gasteiger partial charge in [0.15, 0.2) is 5.69 Å². The fourth-order valence-corrected chi connectivity index (χ4v) is 2.78. The molecule has 0 radical (unpaired) electrons. The van der Waals surface area contributed by atoms with Crippen molar-refractivity contribution in [2.45, 2.75) is 25.7 Å². The summed E-state index contributed by atoms with van der Waals surface area (Å²) in [5.74, 6) is -0.0734. The van der Waals surface area contributed by atoms with Gasteiger partial charge in [-0.25, -0.2) is 0 Å². The van der Waals surface area contributed by atoms with Gasteiger partial charge in [-0.1, -0.05) is 53.6 Å². The molecule has 0 aliphatic carbocycles. The van der Waals surface area contributed by atoms with Crippen molar-refractivity contribution in [2.75, 3.05) is 11.0 Å². The average molecular weight is 385 g/mol. The first-order valence-corrected chi connectivity index (χ1v) is 8.52. The van der Waals surface area contributed by atoms with Crippen LogP contribution in [0, 0.1) is 0 Å². The summed E-state index contributed by atoms with van der Waals surface area (Å²) in [5, 5.41) is 8.20. The number of halogens is 1. The number of benzene rings is 1. The molecule has 4 nitrogen and oxygen atoms in total. The van der Waals surface area contributed by atoms with E-state index in [2.05, 4.69) is 33.0 Å². The van der Waals surface area contributed by atoms with Crippen LogP contribution in [0.4, 0.5) is 0 Å². The third-order valence-corrected chi connectivity index (χ3v) is 4.08. The van der Waals surface area contributed by atoms with Crippen molar-refractivity contribution in [3.63, 3.8) is 0 Å². The lowest BCUT2D eigenvalue weighted by Gasteiger charge is -2.03. The van der Waals surface area contributed by atoms with Gasteiger partial charge in [0.1, 0.15) is 0 Å². The molecule has 0 spiro atoms. The van der Waals surface area contributed by atoms with Crippen LogP contribution in [0.15, 0.2) is 24.3 Å². The SMILES string of the molecule is Cn1nc(C(=O)NCCCCCCI)c2ccccc21. The number of nitrogens with one attached hydrogen (secondary N) is 1. The Morgan fingerprint density at radius 2 is 2.00 bits per heavy atom. The number of rotatable bonds is 7. The number of alkyl halides is 1. The molecule has 5 heteroatoms. The minimum atomic E-state index is -0.0734. The smallest absolute Gasteiger partial charge is 0.272 e. The van der Waals surface area contributed by atoms with Crippen molar-refractivity contribution in [1.82, 2.24) is 15.1 Å². The molecule has 0 saturated heterocycles. The Morgan fingerprint density at radius 1 is 1.25 bits per heavy atom. The zero-order valence-corrected chi connectivity index (χ0v) is 13.9. The molecule has 0 fully saturated rings. The molecule has 0 atom stereocenters. The third kappa shape index (κ3) is 3.71. The zero-order valence-electron chi connectivity index (χ0n) is 11.7. The Kier molecular flexibility index (Phi) is 5.82. The van der Waals surface area contributed by atoms with Gasteiger partial charge in [-0.3, -0.25) is 9.48 Å². The summed E-state index contributed by atoms with van der Waals surface area (Å²) in [4.78, 5) is 12.2. The minimum Gasteiger partial charge on any atom is -0.351 e. The Morgan fingerprint density at radius 3 is 2.80 bits per heavy atom. The maximum absolute atomic E-state index is 12.2. The van der Waals surface area contributed by atoms with Crippen LogP contribution < -0.4 is 5.32 Å². The standard InChI is InChI=1S/C15H20IN3O/c1-19-13-9-5-4-8-12(13)14(18-19)15(20)17-11-7-3-2-6-10-16/h4-5,8-9H,2-3,6-7,10-11H2,1H3,(H,17,20). The number of hydrogen-bond donors (Lipinski definition) is 1. The van der Waals surface area contributed by atoms with Gasteiger partial charge in [0.05, 0.1) is 5.52 Å². The maximum Gasteiger partial charge on any atom is 0.272 e. The number of aryl methyl sites for hydroxylation is 1. The highest BCUT2D eigenvalue weighted by atomic mass is 127. The van der Waals surface area contributed by atoms with E-state index in [-0.39, 0.29) is 5.91 Å². The number of aromatic nitrogens is 2. The van der Waals surface area contributed by atoms with Gasteiger partial charge in [0, 0.05) is 19.0 Å². The number of para-hydroxylation sites is 1. The quantitative estimate of drug-likeness (QED) is 0.452. The van der Waals surface area contributed by atoms with Gasteiger partial charge < -0.3 is 5.32 Å². The molecule has 1 aromatic carbocycles. The number of nitrogens with zero attached hydrogens (tertiary/aromatic N) is 2. The number of unbranched alkanes of at least 4 members (excludes halogenated alkanes) is 3. The average Bonchev–Trinajstić information content (AvgIpc) is 2.80. The van der Waals surface area contributed by atoms with Crippen LogP contribution in [0.2, 0.25) is 0 Å². The Hall–Kier alpha value is -1.11. The van der Waals surface area contributed by atoms with Gasteiger partial charge >= 0.3 is 0 Å². The van der Waals surface area contributed by atoms with E-state index in [1.807, 2.05) is 31.3 Å². The molecule has 0 bridgehead atoms. The van der Waals surface area contributed by atoms with E-state index in [0.717, 1.165) is 23.9 Å². The first kappa shape index (κ1) is 15.3. The van der Waals surface area contributed by atoms with Crippen LogP contribution in [0.5, 0.6) is 0 Å². The van der Waals surface area contributed by atoms with Crippen LogP contribution in [-0.2, 0) is 7.05 Å². The molecule has 0 unspecified atom stereocenters. The highest BCUT2D eigenvalue weighted by molar-refractivity contribution is 14.1. The largest absolute Gasteiger partial charge is 0.351 e. The lowest BCUT2D eigenvalue weighted by Crippen LogP contribution is -2.25. The number of carbonyl (C=O) groups is 1. The number of amides is 1. The Bertz CT molecular complexity index is 580. The van der Waals surface area contributed by atoms with E-state index in [4.69, 9.17) is 0 Å². The number of carbonyl (C=O) groups excluding carboxylic acids is 1. The second-order valence-corrected chi connectivity index (χ2v) is 5.93. The molecule has 108 valence electrons. The minimum absolute atomic E-state index is 0.0734. The van der Waals surface area contributed by atoms with Gasteiger partial charge in [-0.2, -0.15) is 5.10 Å². The van der Waals surface area contributed by atoms with E-state index < -0.39 is 0 Å². The predicted octanol–water partition coefficient (Wildman–Crippen LogP) is 3.30. The molecule has 0 aliphatic heterocycles. The summed E-state index contributed by atoms with van der Waals surface area (Å²) in [7, 11) is 1.86. The molecular formula is C15H20IN3O. The highest BCUT2D eigenvalue weighted by Gasteiger charge is 2.14. The van der Waals surface area contributed by atoms with Crippen molar-refractivity contribution in [1.29, 1.82) is 0 Å². The zero-order chi connectivity index (χ0) is 14.4. The second-order valence-electron chi connectivity index (χ2n) is 4.85. The van der Waals surface area contributed by atoms with E-state index in [0.29, 0.717) is 5.69 Å². The third-order valence-electron chi connectivity index (χ3n) is 3.32. The summed E-state index contributed by atoms with van der Waals surface area (Å²) in [6, 6.07) is 7.81. The maximum atomic E-state index is 12.2. The summed E-state index contributed by atoms with van der Waals surface area (Å²) in [5.41, 5.74) is 1.51. The molecular weight excluding hydrogens is 365 g/mol. The monoisotopic (exact) mass is 385 g/mol. The van der Waals surface area contributed by atoms with Gasteiger partial charge in [-0.05, 0) is 23.3 Å². The van der Waals surface area contributed by atoms with Gasteiger partial charge in [0.2, 0.25) is 0 Å². The molecule has 1 amide bonds. The summed E-state index contributed by atoms with van der Waals surface area (Å²) in [6.07, 6.45) is 4.71. The molecule has 2 aromatic rings. The fraction of sp³-hybridized carbons (Fsp3) is 0.467. The molecule has 1 heterocycles. The second kappa shape index (κ2) is 7.61. The highest BCUT2D eigenvalue weighted by Crippen LogP contribution is 2.17. The van der Waals surface area contributed by atoms with Crippen LogP contribution in [0.25, 0.3) is 10.9 Å². The number of fused-ring (bicyclic) bond motifs is 1. The molecule has 2 rings (SSSR count). The van der Waals surface area contributed by atoms with E-state index >= 15 is 0 Å². The summed E-state index contributed by atoms with van der Waals surface area (Å²) >= 11 is 2.40. The first-order valence-electron chi connectivity index (χ1n) is 7.00.